The maximum atomic E-state index is 12.7. The molecule has 1 amide bonds. The summed E-state index contributed by atoms with van der Waals surface area (Å²) in [5.74, 6) is 0.433. The second-order valence-electron chi connectivity index (χ2n) is 7.25. The van der Waals surface area contributed by atoms with Gasteiger partial charge in [-0.15, -0.1) is 0 Å². The first-order valence-corrected chi connectivity index (χ1v) is 9.29. The van der Waals surface area contributed by atoms with Crippen molar-refractivity contribution in [1.29, 1.82) is 0 Å². The number of fused-ring (bicyclic) bond motifs is 1. The Balaban J connectivity index is 1.44. The van der Waals surface area contributed by atoms with E-state index in [0.29, 0.717) is 17.7 Å². The van der Waals surface area contributed by atoms with E-state index in [-0.39, 0.29) is 11.6 Å². The molecule has 6 heteroatoms. The molecule has 1 aromatic carbocycles. The number of nitrogens with zero attached hydrogens (tertiary/aromatic N) is 3. The minimum absolute atomic E-state index is 0.215. The molecule has 3 heterocycles. The van der Waals surface area contributed by atoms with Gasteiger partial charge in [0.2, 0.25) is 0 Å². The van der Waals surface area contributed by atoms with Gasteiger partial charge in [-0.05, 0) is 31.0 Å². The van der Waals surface area contributed by atoms with Crippen molar-refractivity contribution in [2.45, 2.75) is 25.5 Å². The maximum absolute atomic E-state index is 12.7. The van der Waals surface area contributed by atoms with Gasteiger partial charge >= 0.3 is 6.09 Å². The van der Waals surface area contributed by atoms with E-state index < -0.39 is 0 Å². The van der Waals surface area contributed by atoms with E-state index >= 15 is 0 Å². The first kappa shape index (κ1) is 17.2. The summed E-state index contributed by atoms with van der Waals surface area (Å²) in [4.78, 5) is 21.1. The Morgan fingerprint density at radius 2 is 2.12 bits per heavy atom. The van der Waals surface area contributed by atoms with E-state index in [1.54, 1.807) is 12.3 Å². The van der Waals surface area contributed by atoms with E-state index in [9.17, 15) is 4.79 Å². The topological polar surface area (TPSA) is 45.7 Å². The van der Waals surface area contributed by atoms with Crippen LogP contribution >= 0.6 is 11.6 Å². The molecule has 1 aromatic heterocycles. The normalized spacial score (nSPS) is 24.6. The van der Waals surface area contributed by atoms with Crippen LogP contribution in [0.25, 0.3) is 0 Å². The monoisotopic (exact) mass is 371 g/mol. The van der Waals surface area contributed by atoms with E-state index in [1.807, 2.05) is 41.3 Å². The summed E-state index contributed by atoms with van der Waals surface area (Å²) in [6, 6.07) is 13.6. The van der Waals surface area contributed by atoms with Crippen LogP contribution in [0.5, 0.6) is 0 Å². The van der Waals surface area contributed by atoms with E-state index in [4.69, 9.17) is 16.3 Å². The molecule has 2 fully saturated rings. The molecule has 2 saturated heterocycles. The van der Waals surface area contributed by atoms with Crippen LogP contribution in [-0.2, 0) is 11.3 Å². The summed E-state index contributed by atoms with van der Waals surface area (Å²) >= 11 is 5.89. The van der Waals surface area contributed by atoms with Gasteiger partial charge in [0.1, 0.15) is 11.8 Å². The zero-order valence-electron chi connectivity index (χ0n) is 14.8. The number of rotatable bonds is 3. The molecule has 2 atom stereocenters. The number of carbonyl (C=O) groups is 1. The van der Waals surface area contributed by atoms with Crippen molar-refractivity contribution in [2.75, 3.05) is 24.5 Å². The second kappa shape index (κ2) is 6.80. The highest BCUT2D eigenvalue weighted by Crippen LogP contribution is 2.42. The van der Waals surface area contributed by atoms with Gasteiger partial charge in [-0.2, -0.15) is 0 Å². The molecule has 0 spiro atoms. The van der Waals surface area contributed by atoms with Gasteiger partial charge in [0, 0.05) is 25.6 Å². The van der Waals surface area contributed by atoms with Crippen LogP contribution in [0.2, 0.25) is 5.15 Å². The zero-order valence-corrected chi connectivity index (χ0v) is 15.5. The predicted octanol–water partition coefficient (Wildman–Crippen LogP) is 3.97. The van der Waals surface area contributed by atoms with Gasteiger partial charge in [0.05, 0.1) is 17.4 Å². The standard InChI is InChI=1S/C20H22ClN3O2/c1-20-14-23(17-7-8-18(21)22-11-17)12-16(20)9-10-24(20)19(25)26-13-15-5-3-2-4-6-15/h2-8,11,16H,9-10,12-14H2,1H3. The average molecular weight is 372 g/mol. The van der Waals surface area contributed by atoms with Crippen LogP contribution in [0.4, 0.5) is 10.5 Å². The first-order chi connectivity index (χ1) is 12.6. The van der Waals surface area contributed by atoms with Crippen molar-refractivity contribution in [3.8, 4) is 0 Å². The molecule has 2 aliphatic rings. The lowest BCUT2D eigenvalue weighted by Gasteiger charge is -2.34. The number of hydrogen-bond acceptors (Lipinski definition) is 4. The predicted molar refractivity (Wildman–Crippen MR) is 101 cm³/mol. The molecule has 0 radical (unpaired) electrons. The van der Waals surface area contributed by atoms with Crippen LogP contribution < -0.4 is 4.90 Å². The van der Waals surface area contributed by atoms with Crippen molar-refractivity contribution in [2.24, 2.45) is 5.92 Å². The van der Waals surface area contributed by atoms with Crippen molar-refractivity contribution in [3.63, 3.8) is 0 Å². The molecular weight excluding hydrogens is 350 g/mol. The number of aromatic nitrogens is 1. The highest BCUT2D eigenvalue weighted by atomic mass is 35.5. The maximum Gasteiger partial charge on any atom is 0.410 e. The van der Waals surface area contributed by atoms with E-state index in [2.05, 4.69) is 16.8 Å². The third kappa shape index (κ3) is 3.12. The van der Waals surface area contributed by atoms with Crippen LogP contribution in [0.15, 0.2) is 48.7 Å². The molecule has 0 N–H and O–H groups in total. The third-order valence-electron chi connectivity index (χ3n) is 5.65. The minimum atomic E-state index is -0.227. The van der Waals surface area contributed by atoms with Crippen molar-refractivity contribution < 1.29 is 9.53 Å². The molecule has 4 rings (SSSR count). The Kier molecular flexibility index (Phi) is 4.49. The molecule has 2 aromatic rings. The minimum Gasteiger partial charge on any atom is -0.445 e. The number of benzene rings is 1. The molecule has 0 saturated carbocycles. The molecule has 2 unspecified atom stereocenters. The van der Waals surface area contributed by atoms with Gasteiger partial charge in [0.25, 0.3) is 0 Å². The van der Waals surface area contributed by atoms with Gasteiger partial charge in [-0.3, -0.25) is 0 Å². The number of halogens is 1. The lowest BCUT2D eigenvalue weighted by Crippen LogP contribution is -2.50. The summed E-state index contributed by atoms with van der Waals surface area (Å²) in [7, 11) is 0. The quantitative estimate of drug-likeness (QED) is 0.766. The molecule has 2 aliphatic heterocycles. The second-order valence-corrected chi connectivity index (χ2v) is 7.64. The third-order valence-corrected chi connectivity index (χ3v) is 5.88. The van der Waals surface area contributed by atoms with Crippen LogP contribution in [-0.4, -0.2) is 41.2 Å². The molecule has 0 aliphatic carbocycles. The van der Waals surface area contributed by atoms with Gasteiger partial charge in [-0.25, -0.2) is 9.78 Å². The number of anilines is 1. The summed E-state index contributed by atoms with van der Waals surface area (Å²) < 4.78 is 5.58. The molecule has 0 bridgehead atoms. The van der Waals surface area contributed by atoms with Gasteiger partial charge in [-0.1, -0.05) is 41.9 Å². The Morgan fingerprint density at radius 1 is 1.31 bits per heavy atom. The van der Waals surface area contributed by atoms with Crippen molar-refractivity contribution in [3.05, 3.63) is 59.4 Å². The number of pyridine rings is 1. The Bertz CT molecular complexity index is 783. The van der Waals surface area contributed by atoms with Crippen LogP contribution in [0, 0.1) is 5.92 Å². The fraction of sp³-hybridized carbons (Fsp3) is 0.400. The molecular formula is C20H22ClN3O2. The fourth-order valence-electron chi connectivity index (χ4n) is 4.14. The molecule has 136 valence electrons. The SMILES string of the molecule is CC12CN(c3ccc(Cl)nc3)CC1CCN2C(=O)OCc1ccccc1. The largest absolute Gasteiger partial charge is 0.445 e. The number of ether oxygens (including phenoxy) is 1. The average Bonchev–Trinajstić information content (AvgIpc) is 3.14. The van der Waals surface area contributed by atoms with Gasteiger partial charge < -0.3 is 14.5 Å². The zero-order chi connectivity index (χ0) is 18.1. The highest BCUT2D eigenvalue weighted by molar-refractivity contribution is 6.29. The Morgan fingerprint density at radius 3 is 2.85 bits per heavy atom. The summed E-state index contributed by atoms with van der Waals surface area (Å²) in [6.45, 7) is 4.92. The molecule has 26 heavy (non-hydrogen) atoms. The number of hydrogen-bond donors (Lipinski definition) is 0. The summed E-state index contributed by atoms with van der Waals surface area (Å²) in [5.41, 5.74) is 1.83. The summed E-state index contributed by atoms with van der Waals surface area (Å²) in [6.07, 6.45) is 2.56. The van der Waals surface area contributed by atoms with Crippen molar-refractivity contribution >= 4 is 23.4 Å². The lowest BCUT2D eigenvalue weighted by atomic mass is 9.90. The number of carbonyl (C=O) groups excluding carboxylic acids is 1. The van der Waals surface area contributed by atoms with Gasteiger partial charge in [0.15, 0.2) is 0 Å². The van der Waals surface area contributed by atoms with E-state index in [0.717, 1.165) is 37.3 Å². The van der Waals surface area contributed by atoms with E-state index in [1.165, 1.54) is 0 Å². The van der Waals surface area contributed by atoms with Crippen LogP contribution in [0.3, 0.4) is 0 Å². The Hall–Kier alpha value is -2.27. The first-order valence-electron chi connectivity index (χ1n) is 8.91. The number of amides is 1. The Labute approximate surface area is 158 Å². The smallest absolute Gasteiger partial charge is 0.410 e. The highest BCUT2D eigenvalue weighted by Gasteiger charge is 2.53. The summed E-state index contributed by atoms with van der Waals surface area (Å²) in [5, 5.41) is 0.491. The lowest BCUT2D eigenvalue weighted by molar-refractivity contribution is 0.0701. The molecule has 5 nitrogen and oxygen atoms in total. The van der Waals surface area contributed by atoms with Crippen molar-refractivity contribution in [1.82, 2.24) is 9.88 Å². The number of likely N-dealkylation sites (tertiary alicyclic amines) is 1. The van der Waals surface area contributed by atoms with Crippen LogP contribution in [0.1, 0.15) is 18.9 Å². The fourth-order valence-corrected chi connectivity index (χ4v) is 4.25.